The third kappa shape index (κ3) is 4.91. The van der Waals surface area contributed by atoms with Crippen LogP contribution < -0.4 is 5.32 Å². The first-order chi connectivity index (χ1) is 11.5. The van der Waals surface area contributed by atoms with Crippen LogP contribution in [-0.2, 0) is 4.74 Å². The van der Waals surface area contributed by atoms with E-state index in [1.54, 1.807) is 12.1 Å². The summed E-state index contributed by atoms with van der Waals surface area (Å²) in [6.07, 6.45) is 1.01. The van der Waals surface area contributed by atoms with Gasteiger partial charge in [0.2, 0.25) is 0 Å². The molecule has 0 aliphatic carbocycles. The molecule has 1 heterocycles. The third-order valence-corrected chi connectivity index (χ3v) is 4.16. The quantitative estimate of drug-likeness (QED) is 0.609. The van der Waals surface area contributed by atoms with Gasteiger partial charge in [0.15, 0.2) is 0 Å². The Balaban J connectivity index is 2.10. The highest BCUT2D eigenvalue weighted by molar-refractivity contribution is 5.64. The fourth-order valence-corrected chi connectivity index (χ4v) is 2.98. The number of anilines is 1. The summed E-state index contributed by atoms with van der Waals surface area (Å²) in [5, 5.41) is 23.4. The molecule has 7 heteroatoms. The zero-order valence-electron chi connectivity index (χ0n) is 14.2. The van der Waals surface area contributed by atoms with Crippen molar-refractivity contribution in [2.24, 2.45) is 5.92 Å². The Hall–Kier alpha value is -2.17. The Kier molecular flexibility index (Phi) is 6.53. The molecule has 1 fully saturated rings. The molecular weight excluding hydrogens is 308 g/mol. The monoisotopic (exact) mass is 332 g/mol. The van der Waals surface area contributed by atoms with Gasteiger partial charge in [-0.25, -0.2) is 0 Å². The summed E-state index contributed by atoms with van der Waals surface area (Å²) < 4.78 is 5.41. The molecule has 1 aliphatic heterocycles. The lowest BCUT2D eigenvalue weighted by atomic mass is 10.0. The summed E-state index contributed by atoms with van der Waals surface area (Å²) in [4.78, 5) is 13.2. The van der Waals surface area contributed by atoms with E-state index in [-0.39, 0.29) is 5.69 Å². The van der Waals surface area contributed by atoms with E-state index in [1.807, 2.05) is 6.07 Å². The van der Waals surface area contributed by atoms with Crippen LogP contribution in [0.25, 0.3) is 0 Å². The third-order valence-electron chi connectivity index (χ3n) is 4.16. The molecular formula is C17H24N4O3. The van der Waals surface area contributed by atoms with E-state index in [2.05, 4.69) is 24.1 Å². The molecule has 7 nitrogen and oxygen atoms in total. The van der Waals surface area contributed by atoms with Crippen molar-refractivity contribution < 1.29 is 9.66 Å². The van der Waals surface area contributed by atoms with Crippen LogP contribution in [0.1, 0.15) is 25.8 Å². The van der Waals surface area contributed by atoms with Crippen LogP contribution >= 0.6 is 0 Å². The summed E-state index contributed by atoms with van der Waals surface area (Å²) in [7, 11) is 0. The molecule has 24 heavy (non-hydrogen) atoms. The number of nitro benzene ring substituents is 1. The van der Waals surface area contributed by atoms with Gasteiger partial charge in [0, 0.05) is 31.7 Å². The van der Waals surface area contributed by atoms with Crippen LogP contribution in [0.5, 0.6) is 0 Å². The molecule has 0 saturated carbocycles. The molecule has 0 spiro atoms. The molecule has 1 saturated heterocycles. The van der Waals surface area contributed by atoms with E-state index in [1.165, 1.54) is 6.07 Å². The number of nitriles is 1. The van der Waals surface area contributed by atoms with Gasteiger partial charge >= 0.3 is 0 Å². The Morgan fingerprint density at radius 1 is 1.42 bits per heavy atom. The zero-order chi connectivity index (χ0) is 17.5. The van der Waals surface area contributed by atoms with Crippen molar-refractivity contribution in [3.05, 3.63) is 33.9 Å². The molecule has 1 unspecified atom stereocenters. The molecule has 1 aromatic rings. The molecule has 0 aromatic heterocycles. The fraction of sp³-hybridized carbons (Fsp3) is 0.588. The van der Waals surface area contributed by atoms with Crippen molar-refractivity contribution in [3.63, 3.8) is 0 Å². The SMILES string of the molecule is CC(C)CC(CNc1ccc(C#N)cc1[N+](=O)[O-])N1CCOCC1. The molecule has 2 rings (SSSR count). The van der Waals surface area contributed by atoms with Crippen molar-refractivity contribution in [2.75, 3.05) is 38.2 Å². The molecule has 0 radical (unpaired) electrons. The van der Waals surface area contributed by atoms with E-state index >= 15 is 0 Å². The highest BCUT2D eigenvalue weighted by Gasteiger charge is 2.23. The predicted molar refractivity (Wildman–Crippen MR) is 91.9 cm³/mol. The van der Waals surface area contributed by atoms with E-state index in [4.69, 9.17) is 10.00 Å². The van der Waals surface area contributed by atoms with E-state index in [0.29, 0.717) is 29.8 Å². The Bertz CT molecular complexity index is 606. The number of nitrogens with zero attached hydrogens (tertiary/aromatic N) is 3. The summed E-state index contributed by atoms with van der Waals surface area (Å²) >= 11 is 0. The average molecular weight is 332 g/mol. The summed E-state index contributed by atoms with van der Waals surface area (Å²) in [6.45, 7) is 8.21. The van der Waals surface area contributed by atoms with E-state index < -0.39 is 4.92 Å². The zero-order valence-corrected chi connectivity index (χ0v) is 14.2. The number of rotatable bonds is 7. The second-order valence-corrected chi connectivity index (χ2v) is 6.41. The number of hydrogen-bond donors (Lipinski definition) is 1. The number of nitrogens with one attached hydrogen (secondary N) is 1. The summed E-state index contributed by atoms with van der Waals surface area (Å²) in [5.74, 6) is 0.538. The van der Waals surface area contributed by atoms with Crippen LogP contribution in [-0.4, -0.2) is 48.7 Å². The lowest BCUT2D eigenvalue weighted by molar-refractivity contribution is -0.384. The van der Waals surface area contributed by atoms with Crippen LogP contribution in [0.4, 0.5) is 11.4 Å². The van der Waals surface area contributed by atoms with Crippen molar-refractivity contribution in [1.29, 1.82) is 5.26 Å². The summed E-state index contributed by atoms with van der Waals surface area (Å²) in [5.41, 5.74) is 0.694. The first-order valence-corrected chi connectivity index (χ1v) is 8.25. The van der Waals surface area contributed by atoms with Crippen LogP contribution in [0.3, 0.4) is 0 Å². The lowest BCUT2D eigenvalue weighted by Gasteiger charge is -2.35. The van der Waals surface area contributed by atoms with Crippen molar-refractivity contribution in [2.45, 2.75) is 26.3 Å². The minimum atomic E-state index is -0.449. The maximum absolute atomic E-state index is 11.2. The predicted octanol–water partition coefficient (Wildman–Crippen LogP) is 2.63. The minimum absolute atomic E-state index is 0.0562. The molecule has 130 valence electrons. The van der Waals surface area contributed by atoms with Gasteiger partial charge in [0.1, 0.15) is 5.69 Å². The number of nitro groups is 1. The van der Waals surface area contributed by atoms with Gasteiger partial charge in [-0.2, -0.15) is 5.26 Å². The maximum atomic E-state index is 11.2. The van der Waals surface area contributed by atoms with Gasteiger partial charge in [0.05, 0.1) is 29.8 Å². The number of ether oxygens (including phenoxy) is 1. The Labute approximate surface area is 142 Å². The van der Waals surface area contributed by atoms with Crippen molar-refractivity contribution in [1.82, 2.24) is 4.90 Å². The first kappa shape index (κ1) is 18.2. The molecule has 1 aromatic carbocycles. The largest absolute Gasteiger partial charge is 0.379 e. The van der Waals surface area contributed by atoms with Gasteiger partial charge in [-0.15, -0.1) is 0 Å². The van der Waals surface area contributed by atoms with Crippen LogP contribution in [0.2, 0.25) is 0 Å². The second kappa shape index (κ2) is 8.62. The average Bonchev–Trinajstić information content (AvgIpc) is 2.58. The minimum Gasteiger partial charge on any atom is -0.379 e. The standard InChI is InChI=1S/C17H24N4O3/c1-13(2)9-15(20-5-7-24-8-6-20)12-19-16-4-3-14(11-18)10-17(16)21(22)23/h3-4,10,13,15,19H,5-9,12H2,1-2H3. The normalized spacial score (nSPS) is 16.6. The molecule has 0 bridgehead atoms. The van der Waals surface area contributed by atoms with Gasteiger partial charge in [-0.05, 0) is 24.5 Å². The molecule has 1 aliphatic rings. The van der Waals surface area contributed by atoms with Crippen molar-refractivity contribution >= 4 is 11.4 Å². The van der Waals surface area contributed by atoms with Crippen LogP contribution in [0.15, 0.2) is 18.2 Å². The van der Waals surface area contributed by atoms with Gasteiger partial charge in [-0.3, -0.25) is 15.0 Å². The smallest absolute Gasteiger partial charge is 0.293 e. The number of morpholine rings is 1. The van der Waals surface area contributed by atoms with Crippen LogP contribution in [0, 0.1) is 27.4 Å². The van der Waals surface area contributed by atoms with Gasteiger partial charge in [0.25, 0.3) is 5.69 Å². The first-order valence-electron chi connectivity index (χ1n) is 8.25. The fourth-order valence-electron chi connectivity index (χ4n) is 2.98. The Morgan fingerprint density at radius 3 is 2.71 bits per heavy atom. The topological polar surface area (TPSA) is 91.4 Å². The van der Waals surface area contributed by atoms with E-state index in [9.17, 15) is 10.1 Å². The second-order valence-electron chi connectivity index (χ2n) is 6.41. The number of hydrogen-bond acceptors (Lipinski definition) is 6. The lowest BCUT2D eigenvalue weighted by Crippen LogP contribution is -2.47. The maximum Gasteiger partial charge on any atom is 0.293 e. The number of benzene rings is 1. The van der Waals surface area contributed by atoms with Gasteiger partial charge < -0.3 is 10.1 Å². The molecule has 1 N–H and O–H groups in total. The molecule has 1 atom stereocenters. The molecule has 0 amide bonds. The van der Waals surface area contributed by atoms with Gasteiger partial charge in [-0.1, -0.05) is 13.8 Å². The highest BCUT2D eigenvalue weighted by atomic mass is 16.6. The van der Waals surface area contributed by atoms with Crippen molar-refractivity contribution in [3.8, 4) is 6.07 Å². The summed E-state index contributed by atoms with van der Waals surface area (Å²) in [6, 6.07) is 6.76. The Morgan fingerprint density at radius 2 is 2.12 bits per heavy atom. The van der Waals surface area contributed by atoms with E-state index in [0.717, 1.165) is 32.7 Å². The highest BCUT2D eigenvalue weighted by Crippen LogP contribution is 2.26.